The van der Waals surface area contributed by atoms with E-state index in [1.807, 2.05) is 25.7 Å². The summed E-state index contributed by atoms with van der Waals surface area (Å²) in [5.41, 5.74) is -0.403. The summed E-state index contributed by atoms with van der Waals surface area (Å²) in [7, 11) is 0. The largest absolute Gasteiger partial charge is 0.444 e. The van der Waals surface area contributed by atoms with Crippen LogP contribution in [0.4, 0.5) is 4.79 Å². The Bertz CT molecular complexity index is 260. The van der Waals surface area contributed by atoms with Gasteiger partial charge in [0.15, 0.2) is 0 Å². The van der Waals surface area contributed by atoms with Crippen molar-refractivity contribution < 1.29 is 9.53 Å². The van der Waals surface area contributed by atoms with E-state index in [9.17, 15) is 4.79 Å². The first-order chi connectivity index (χ1) is 9.49. The van der Waals surface area contributed by atoms with Gasteiger partial charge < -0.3 is 15.0 Å². The van der Waals surface area contributed by atoms with Gasteiger partial charge in [0, 0.05) is 13.1 Å². The van der Waals surface area contributed by atoms with E-state index in [1.54, 1.807) is 0 Å². The van der Waals surface area contributed by atoms with Crippen LogP contribution in [0.1, 0.15) is 65.7 Å². The molecule has 0 aromatic carbocycles. The smallest absolute Gasteiger partial charge is 0.410 e. The van der Waals surface area contributed by atoms with Gasteiger partial charge in [0.25, 0.3) is 0 Å². The molecule has 0 atom stereocenters. The van der Waals surface area contributed by atoms with Crippen LogP contribution in [0, 0.1) is 0 Å². The van der Waals surface area contributed by atoms with Crippen molar-refractivity contribution in [2.24, 2.45) is 0 Å². The van der Waals surface area contributed by atoms with Crippen LogP contribution in [0.2, 0.25) is 0 Å². The molecule has 0 aromatic heterocycles. The van der Waals surface area contributed by atoms with E-state index >= 15 is 0 Å². The molecular weight excluding hydrogens is 252 g/mol. The second-order valence-corrected chi connectivity index (χ2v) is 6.69. The van der Waals surface area contributed by atoms with Gasteiger partial charge in [0.1, 0.15) is 5.60 Å². The summed E-state index contributed by atoms with van der Waals surface area (Å²) in [6.07, 6.45) is 8.15. The zero-order valence-electron chi connectivity index (χ0n) is 13.5. The van der Waals surface area contributed by atoms with Crippen molar-refractivity contribution in [1.29, 1.82) is 0 Å². The van der Waals surface area contributed by atoms with E-state index < -0.39 is 5.60 Å². The average molecular weight is 284 g/mol. The van der Waals surface area contributed by atoms with Gasteiger partial charge >= 0.3 is 6.09 Å². The first kappa shape index (κ1) is 17.3. The van der Waals surface area contributed by atoms with Gasteiger partial charge in [-0.05, 0) is 59.5 Å². The van der Waals surface area contributed by atoms with Crippen molar-refractivity contribution in [2.45, 2.75) is 71.3 Å². The van der Waals surface area contributed by atoms with E-state index in [2.05, 4.69) is 5.32 Å². The molecular formula is C16H32N2O2. The molecule has 1 amide bonds. The number of rotatable bonds is 0. The Hall–Kier alpha value is -0.770. The maximum atomic E-state index is 12.2. The fourth-order valence-electron chi connectivity index (χ4n) is 2.38. The first-order valence-corrected chi connectivity index (χ1v) is 8.18. The Morgan fingerprint density at radius 2 is 1.40 bits per heavy atom. The minimum atomic E-state index is -0.403. The number of nitrogens with one attached hydrogen (secondary N) is 1. The lowest BCUT2D eigenvalue weighted by Crippen LogP contribution is -2.38. The summed E-state index contributed by atoms with van der Waals surface area (Å²) in [4.78, 5) is 14.1. The normalized spacial score (nSPS) is 20.4. The number of ether oxygens (including phenoxy) is 1. The van der Waals surface area contributed by atoms with Crippen molar-refractivity contribution in [3.05, 3.63) is 0 Å². The molecule has 1 rings (SSSR count). The molecule has 0 spiro atoms. The Morgan fingerprint density at radius 3 is 2.05 bits per heavy atom. The van der Waals surface area contributed by atoms with E-state index in [-0.39, 0.29) is 6.09 Å². The minimum absolute atomic E-state index is 0.152. The third kappa shape index (κ3) is 8.41. The molecule has 0 radical (unpaired) electrons. The highest BCUT2D eigenvalue weighted by atomic mass is 16.6. The lowest BCUT2D eigenvalue weighted by molar-refractivity contribution is 0.0244. The van der Waals surface area contributed by atoms with Gasteiger partial charge in [0.2, 0.25) is 0 Å². The molecule has 1 heterocycles. The zero-order valence-corrected chi connectivity index (χ0v) is 13.5. The van der Waals surface area contributed by atoms with E-state index in [4.69, 9.17) is 4.74 Å². The second kappa shape index (κ2) is 9.22. The lowest BCUT2D eigenvalue weighted by Gasteiger charge is -2.27. The molecule has 1 aliphatic rings. The quantitative estimate of drug-likeness (QED) is 0.739. The Kier molecular flexibility index (Phi) is 7.97. The van der Waals surface area contributed by atoms with Crippen LogP contribution in [0.5, 0.6) is 0 Å². The minimum Gasteiger partial charge on any atom is -0.444 e. The van der Waals surface area contributed by atoms with Crippen molar-refractivity contribution in [1.82, 2.24) is 10.2 Å². The second-order valence-electron chi connectivity index (χ2n) is 6.69. The molecule has 0 unspecified atom stereocenters. The van der Waals surface area contributed by atoms with Crippen molar-refractivity contribution in [3.8, 4) is 0 Å². The zero-order chi connectivity index (χ0) is 14.8. The van der Waals surface area contributed by atoms with Crippen LogP contribution in [0.15, 0.2) is 0 Å². The van der Waals surface area contributed by atoms with Gasteiger partial charge in [-0.25, -0.2) is 4.79 Å². The van der Waals surface area contributed by atoms with E-state index in [0.717, 1.165) is 45.4 Å². The molecule has 1 saturated heterocycles. The molecule has 0 saturated carbocycles. The van der Waals surface area contributed by atoms with Gasteiger partial charge in [-0.15, -0.1) is 0 Å². The van der Waals surface area contributed by atoms with Crippen LogP contribution in [-0.2, 0) is 4.74 Å². The lowest BCUT2D eigenvalue weighted by atomic mass is 10.1. The number of carbonyl (C=O) groups is 1. The van der Waals surface area contributed by atoms with Gasteiger partial charge in [0.05, 0.1) is 0 Å². The highest BCUT2D eigenvalue weighted by Crippen LogP contribution is 2.12. The SMILES string of the molecule is CC(C)(C)OC(=O)N1CCCCCCCNCCCC1. The summed E-state index contributed by atoms with van der Waals surface area (Å²) < 4.78 is 5.50. The van der Waals surface area contributed by atoms with Crippen molar-refractivity contribution in [2.75, 3.05) is 26.2 Å². The number of hydrogen-bond donors (Lipinski definition) is 1. The molecule has 118 valence electrons. The molecule has 20 heavy (non-hydrogen) atoms. The molecule has 0 bridgehead atoms. The number of hydrogen-bond acceptors (Lipinski definition) is 3. The standard InChI is InChI=1S/C16H32N2O2/c1-16(2,3)20-15(19)18-13-9-6-4-5-7-11-17-12-8-10-14-18/h17H,4-14H2,1-3H3. The highest BCUT2D eigenvalue weighted by Gasteiger charge is 2.21. The molecule has 0 aromatic rings. The van der Waals surface area contributed by atoms with Gasteiger partial charge in [-0.3, -0.25) is 0 Å². The third-order valence-corrected chi connectivity index (χ3v) is 3.46. The Labute approximate surface area is 124 Å². The molecule has 4 heteroatoms. The predicted octanol–water partition coefficient (Wildman–Crippen LogP) is 3.56. The summed E-state index contributed by atoms with van der Waals surface area (Å²) in [5.74, 6) is 0. The summed E-state index contributed by atoms with van der Waals surface area (Å²) in [6.45, 7) is 9.62. The topological polar surface area (TPSA) is 41.6 Å². The Balaban J connectivity index is 2.44. The van der Waals surface area contributed by atoms with E-state index in [1.165, 1.54) is 25.7 Å². The maximum absolute atomic E-state index is 12.2. The Morgan fingerprint density at radius 1 is 0.900 bits per heavy atom. The first-order valence-electron chi connectivity index (χ1n) is 8.18. The molecule has 1 N–H and O–H groups in total. The van der Waals surface area contributed by atoms with Crippen molar-refractivity contribution in [3.63, 3.8) is 0 Å². The van der Waals surface area contributed by atoms with Crippen molar-refractivity contribution >= 4 is 6.09 Å². The molecule has 0 aliphatic carbocycles. The van der Waals surface area contributed by atoms with Crippen LogP contribution in [0.25, 0.3) is 0 Å². The molecule has 1 fully saturated rings. The fourth-order valence-corrected chi connectivity index (χ4v) is 2.38. The summed E-state index contributed by atoms with van der Waals surface area (Å²) in [6, 6.07) is 0. The monoisotopic (exact) mass is 284 g/mol. The predicted molar refractivity (Wildman–Crippen MR) is 83.0 cm³/mol. The molecule has 4 nitrogen and oxygen atoms in total. The van der Waals surface area contributed by atoms with Crippen LogP contribution in [0.3, 0.4) is 0 Å². The summed E-state index contributed by atoms with van der Waals surface area (Å²) in [5, 5.41) is 3.47. The number of nitrogens with zero attached hydrogens (tertiary/aromatic N) is 1. The van der Waals surface area contributed by atoms with E-state index in [0.29, 0.717) is 0 Å². The van der Waals surface area contributed by atoms with Gasteiger partial charge in [-0.2, -0.15) is 0 Å². The fraction of sp³-hybridized carbons (Fsp3) is 0.938. The van der Waals surface area contributed by atoms with Gasteiger partial charge in [-0.1, -0.05) is 19.3 Å². The highest BCUT2D eigenvalue weighted by molar-refractivity contribution is 5.68. The molecule has 1 aliphatic heterocycles. The number of amides is 1. The van der Waals surface area contributed by atoms with Crippen LogP contribution >= 0.6 is 0 Å². The summed E-state index contributed by atoms with van der Waals surface area (Å²) >= 11 is 0. The van der Waals surface area contributed by atoms with Crippen LogP contribution in [-0.4, -0.2) is 42.8 Å². The number of carbonyl (C=O) groups excluding carboxylic acids is 1. The third-order valence-electron chi connectivity index (χ3n) is 3.46. The maximum Gasteiger partial charge on any atom is 0.410 e. The van der Waals surface area contributed by atoms with Crippen LogP contribution < -0.4 is 5.32 Å². The average Bonchev–Trinajstić information content (AvgIpc) is 2.37.